The minimum Gasteiger partial charge on any atom is -0.512 e. The van der Waals surface area contributed by atoms with E-state index in [9.17, 15) is 9.90 Å². The number of rotatable bonds is 3. The van der Waals surface area contributed by atoms with Gasteiger partial charge in [0.25, 0.3) is 0 Å². The van der Waals surface area contributed by atoms with Gasteiger partial charge in [-0.15, -0.1) is 0 Å². The van der Waals surface area contributed by atoms with Crippen molar-refractivity contribution in [3.63, 3.8) is 0 Å². The number of hydrogen-bond acceptors (Lipinski definition) is 2. The monoisotopic (exact) mass is 157 g/mol. The standard InChI is InChI=1S/C8H15NO2/c1-5(2)4-7(10)6(3)8(9)11/h5,10H,4H2,1-3H3,(H2,9,11). The van der Waals surface area contributed by atoms with Crippen molar-refractivity contribution in [1.82, 2.24) is 0 Å². The first-order valence-corrected chi connectivity index (χ1v) is 3.63. The predicted molar refractivity (Wildman–Crippen MR) is 44.0 cm³/mol. The highest BCUT2D eigenvalue weighted by Gasteiger charge is 2.07. The lowest BCUT2D eigenvalue weighted by Gasteiger charge is -2.05. The third kappa shape index (κ3) is 3.65. The zero-order valence-electron chi connectivity index (χ0n) is 7.22. The number of primary amides is 1. The summed E-state index contributed by atoms with van der Waals surface area (Å²) in [5, 5.41) is 9.24. The zero-order chi connectivity index (χ0) is 9.02. The summed E-state index contributed by atoms with van der Waals surface area (Å²) in [6, 6.07) is 0. The molecule has 0 unspecified atom stereocenters. The number of amides is 1. The molecule has 0 atom stereocenters. The third-order valence-corrected chi connectivity index (χ3v) is 1.40. The highest BCUT2D eigenvalue weighted by atomic mass is 16.3. The van der Waals surface area contributed by atoms with Crippen LogP contribution in [0.4, 0.5) is 0 Å². The van der Waals surface area contributed by atoms with Gasteiger partial charge in [0.1, 0.15) is 5.76 Å². The summed E-state index contributed by atoms with van der Waals surface area (Å²) in [5.41, 5.74) is 5.22. The van der Waals surface area contributed by atoms with Crippen molar-refractivity contribution in [2.24, 2.45) is 11.7 Å². The normalized spacial score (nSPS) is 13.1. The van der Waals surface area contributed by atoms with E-state index in [1.807, 2.05) is 13.8 Å². The van der Waals surface area contributed by atoms with Gasteiger partial charge in [0.2, 0.25) is 5.91 Å². The molecule has 0 heterocycles. The third-order valence-electron chi connectivity index (χ3n) is 1.40. The average Bonchev–Trinajstić information content (AvgIpc) is 1.84. The number of nitrogens with two attached hydrogens (primary N) is 1. The number of aliphatic hydroxyl groups is 1. The highest BCUT2D eigenvalue weighted by Crippen LogP contribution is 2.11. The molecule has 0 aromatic carbocycles. The van der Waals surface area contributed by atoms with Gasteiger partial charge in [-0.05, 0) is 12.8 Å². The summed E-state index contributed by atoms with van der Waals surface area (Å²) < 4.78 is 0. The summed E-state index contributed by atoms with van der Waals surface area (Å²) in [5.74, 6) is -0.111. The molecule has 64 valence electrons. The fraction of sp³-hybridized carbons (Fsp3) is 0.625. The van der Waals surface area contributed by atoms with Crippen molar-refractivity contribution in [1.29, 1.82) is 0 Å². The molecule has 0 spiro atoms. The number of carbonyl (C=O) groups is 1. The van der Waals surface area contributed by atoms with Crippen molar-refractivity contribution in [3.8, 4) is 0 Å². The van der Waals surface area contributed by atoms with Crippen LogP contribution in [-0.2, 0) is 4.79 Å². The van der Waals surface area contributed by atoms with Crippen molar-refractivity contribution < 1.29 is 9.90 Å². The van der Waals surface area contributed by atoms with Crippen LogP contribution in [0.2, 0.25) is 0 Å². The van der Waals surface area contributed by atoms with Gasteiger partial charge >= 0.3 is 0 Å². The summed E-state index contributed by atoms with van der Waals surface area (Å²) in [4.78, 5) is 10.5. The average molecular weight is 157 g/mol. The minimum atomic E-state index is -0.553. The fourth-order valence-electron chi connectivity index (χ4n) is 0.682. The Morgan fingerprint density at radius 3 is 2.27 bits per heavy atom. The van der Waals surface area contributed by atoms with Crippen LogP contribution in [-0.4, -0.2) is 11.0 Å². The van der Waals surface area contributed by atoms with E-state index in [-0.39, 0.29) is 11.3 Å². The molecule has 0 saturated heterocycles. The molecule has 3 nitrogen and oxygen atoms in total. The Labute approximate surface area is 66.9 Å². The van der Waals surface area contributed by atoms with E-state index >= 15 is 0 Å². The Bertz CT molecular complexity index is 183. The molecule has 0 aromatic heterocycles. The van der Waals surface area contributed by atoms with E-state index < -0.39 is 5.91 Å². The number of allylic oxidation sites excluding steroid dienone is 1. The lowest BCUT2D eigenvalue weighted by molar-refractivity contribution is -0.114. The molecular weight excluding hydrogens is 142 g/mol. The van der Waals surface area contributed by atoms with E-state index in [1.54, 1.807) is 0 Å². The highest BCUT2D eigenvalue weighted by molar-refractivity contribution is 5.91. The van der Waals surface area contributed by atoms with Crippen molar-refractivity contribution in [2.75, 3.05) is 0 Å². The number of carbonyl (C=O) groups excluding carboxylic acids is 1. The van der Waals surface area contributed by atoms with Gasteiger partial charge in [0, 0.05) is 6.42 Å². The van der Waals surface area contributed by atoms with Gasteiger partial charge in [-0.25, -0.2) is 0 Å². The first-order valence-electron chi connectivity index (χ1n) is 3.63. The van der Waals surface area contributed by atoms with Crippen LogP contribution in [0.15, 0.2) is 11.3 Å². The molecule has 0 aliphatic rings. The van der Waals surface area contributed by atoms with Crippen LogP contribution >= 0.6 is 0 Å². The Kier molecular flexibility index (Phi) is 3.65. The van der Waals surface area contributed by atoms with Gasteiger partial charge in [-0.2, -0.15) is 0 Å². The second-order valence-electron chi connectivity index (χ2n) is 3.03. The summed E-state index contributed by atoms with van der Waals surface area (Å²) in [6.45, 7) is 5.45. The maximum atomic E-state index is 10.5. The maximum Gasteiger partial charge on any atom is 0.247 e. The molecule has 0 bridgehead atoms. The van der Waals surface area contributed by atoms with Gasteiger partial charge in [0.05, 0.1) is 5.57 Å². The van der Waals surface area contributed by atoms with Crippen LogP contribution < -0.4 is 5.73 Å². The quantitative estimate of drug-likeness (QED) is 0.479. The van der Waals surface area contributed by atoms with Crippen LogP contribution in [0.1, 0.15) is 27.2 Å². The molecule has 0 saturated carbocycles. The van der Waals surface area contributed by atoms with E-state index in [1.165, 1.54) is 6.92 Å². The fourth-order valence-corrected chi connectivity index (χ4v) is 0.682. The van der Waals surface area contributed by atoms with Crippen molar-refractivity contribution in [3.05, 3.63) is 11.3 Å². The lowest BCUT2D eigenvalue weighted by atomic mass is 10.1. The van der Waals surface area contributed by atoms with Gasteiger partial charge in [-0.3, -0.25) is 4.79 Å². The topological polar surface area (TPSA) is 63.3 Å². The van der Waals surface area contributed by atoms with E-state index in [2.05, 4.69) is 0 Å². The van der Waals surface area contributed by atoms with Crippen LogP contribution in [0.5, 0.6) is 0 Å². The lowest BCUT2D eigenvalue weighted by Crippen LogP contribution is -2.14. The van der Waals surface area contributed by atoms with Gasteiger partial charge in [0.15, 0.2) is 0 Å². The second kappa shape index (κ2) is 4.01. The van der Waals surface area contributed by atoms with Crippen molar-refractivity contribution >= 4 is 5.91 Å². The Morgan fingerprint density at radius 1 is 1.55 bits per heavy atom. The molecule has 3 N–H and O–H groups in total. The molecule has 0 rings (SSSR count). The number of aliphatic hydroxyl groups excluding tert-OH is 1. The van der Waals surface area contributed by atoms with Gasteiger partial charge in [-0.1, -0.05) is 13.8 Å². The Morgan fingerprint density at radius 2 is 2.00 bits per heavy atom. The van der Waals surface area contributed by atoms with Crippen molar-refractivity contribution in [2.45, 2.75) is 27.2 Å². The van der Waals surface area contributed by atoms with Gasteiger partial charge < -0.3 is 10.8 Å². The maximum absolute atomic E-state index is 10.5. The molecule has 1 amide bonds. The van der Waals surface area contributed by atoms with Crippen LogP contribution in [0.25, 0.3) is 0 Å². The SMILES string of the molecule is CC(C(N)=O)=C(O)CC(C)C. The predicted octanol–water partition coefficient (Wildman–Crippen LogP) is 1.35. The second-order valence-corrected chi connectivity index (χ2v) is 3.03. The molecule has 0 radical (unpaired) electrons. The Balaban J connectivity index is 4.28. The molecule has 0 fully saturated rings. The summed E-state index contributed by atoms with van der Waals surface area (Å²) in [7, 11) is 0. The Hall–Kier alpha value is -0.990. The summed E-state index contributed by atoms with van der Waals surface area (Å²) in [6.07, 6.45) is 0.509. The molecule has 0 aliphatic carbocycles. The molecule has 11 heavy (non-hydrogen) atoms. The first-order chi connectivity index (χ1) is 4.95. The van der Waals surface area contributed by atoms with Crippen LogP contribution in [0.3, 0.4) is 0 Å². The van der Waals surface area contributed by atoms with E-state index in [0.29, 0.717) is 12.3 Å². The van der Waals surface area contributed by atoms with E-state index in [0.717, 1.165) is 0 Å². The largest absolute Gasteiger partial charge is 0.512 e. The zero-order valence-corrected chi connectivity index (χ0v) is 7.22. The smallest absolute Gasteiger partial charge is 0.247 e. The summed E-state index contributed by atoms with van der Waals surface area (Å²) >= 11 is 0. The first kappa shape index (κ1) is 10.0. The van der Waals surface area contributed by atoms with E-state index in [4.69, 9.17) is 5.73 Å². The molecular formula is C8H15NO2. The molecule has 0 aromatic rings. The molecule has 3 heteroatoms. The molecule has 0 aliphatic heterocycles. The number of hydrogen-bond donors (Lipinski definition) is 2. The van der Waals surface area contributed by atoms with Crippen LogP contribution in [0, 0.1) is 5.92 Å². The minimum absolute atomic E-state index is 0.104.